The zero-order chi connectivity index (χ0) is 16.7. The van der Waals surface area contributed by atoms with E-state index in [4.69, 9.17) is 16.4 Å². The molecular weight excluding hydrogens is 320 g/mol. The minimum absolute atomic E-state index is 0.571. The van der Waals surface area contributed by atoms with Crippen LogP contribution in [0.25, 0.3) is 0 Å². The van der Waals surface area contributed by atoms with Crippen molar-refractivity contribution in [2.24, 2.45) is 5.16 Å². The number of hydrogen-bond acceptors (Lipinski definition) is 3. The van der Waals surface area contributed by atoms with Crippen LogP contribution in [-0.4, -0.2) is 37.9 Å². The highest BCUT2D eigenvalue weighted by Crippen LogP contribution is 2.58. The van der Waals surface area contributed by atoms with Gasteiger partial charge in [-0.15, -0.1) is 0 Å². The lowest BCUT2D eigenvalue weighted by molar-refractivity contribution is 0.126. The van der Waals surface area contributed by atoms with Crippen molar-refractivity contribution < 1.29 is 4.84 Å². The van der Waals surface area contributed by atoms with E-state index in [-0.39, 0.29) is 0 Å². The predicted octanol–water partition coefficient (Wildman–Crippen LogP) is 4.26. The number of fused-ring (bicyclic) bond motifs is 5. The Bertz CT molecular complexity index is 800. The van der Waals surface area contributed by atoms with Gasteiger partial charge in [0.05, 0.1) is 0 Å². The van der Waals surface area contributed by atoms with Gasteiger partial charge in [-0.3, -0.25) is 0 Å². The fraction of sp³-hybridized carbons (Fsp3) is 0.350. The highest BCUT2D eigenvalue weighted by Gasteiger charge is 2.45. The zero-order valence-electron chi connectivity index (χ0n) is 14.0. The molecule has 4 heteroatoms. The Morgan fingerprint density at radius 3 is 2.62 bits per heavy atom. The van der Waals surface area contributed by atoms with Crippen LogP contribution in [0.4, 0.5) is 0 Å². The van der Waals surface area contributed by atoms with Gasteiger partial charge in [-0.05, 0) is 55.6 Å². The van der Waals surface area contributed by atoms with Crippen molar-refractivity contribution >= 4 is 17.3 Å². The van der Waals surface area contributed by atoms with E-state index in [9.17, 15) is 0 Å². The summed E-state index contributed by atoms with van der Waals surface area (Å²) in [6.45, 7) is 1.41. The highest BCUT2D eigenvalue weighted by atomic mass is 35.5. The van der Waals surface area contributed by atoms with Crippen LogP contribution in [0.15, 0.2) is 47.6 Å². The van der Waals surface area contributed by atoms with Crippen molar-refractivity contribution in [1.82, 2.24) is 4.90 Å². The summed E-state index contributed by atoms with van der Waals surface area (Å²) in [6, 6.07) is 14.7. The Morgan fingerprint density at radius 1 is 1.08 bits per heavy atom. The van der Waals surface area contributed by atoms with Crippen molar-refractivity contribution in [3.05, 3.63) is 69.7 Å². The fourth-order valence-corrected chi connectivity index (χ4v) is 3.72. The van der Waals surface area contributed by atoms with Gasteiger partial charge in [-0.2, -0.15) is 0 Å². The van der Waals surface area contributed by atoms with Gasteiger partial charge in [0.15, 0.2) is 0 Å². The monoisotopic (exact) mass is 340 g/mol. The van der Waals surface area contributed by atoms with Gasteiger partial charge in [0.25, 0.3) is 0 Å². The Kier molecular flexibility index (Phi) is 4.07. The molecule has 0 bridgehead atoms. The van der Waals surface area contributed by atoms with Gasteiger partial charge in [-0.25, -0.2) is 0 Å². The van der Waals surface area contributed by atoms with Crippen molar-refractivity contribution in [3.8, 4) is 0 Å². The van der Waals surface area contributed by atoms with Gasteiger partial charge in [-0.1, -0.05) is 47.1 Å². The molecular formula is C20H21ClN2O. The van der Waals surface area contributed by atoms with E-state index >= 15 is 0 Å². The predicted molar refractivity (Wildman–Crippen MR) is 98.1 cm³/mol. The first-order valence-electron chi connectivity index (χ1n) is 8.39. The van der Waals surface area contributed by atoms with Crippen LogP contribution < -0.4 is 0 Å². The number of benzene rings is 2. The first kappa shape index (κ1) is 15.7. The second-order valence-electron chi connectivity index (χ2n) is 6.84. The molecule has 2 aromatic rings. The minimum atomic E-state index is 0.571. The van der Waals surface area contributed by atoms with Gasteiger partial charge < -0.3 is 9.74 Å². The van der Waals surface area contributed by atoms with Crippen LogP contribution in [-0.2, 0) is 4.84 Å². The Morgan fingerprint density at radius 2 is 1.83 bits per heavy atom. The second-order valence-corrected chi connectivity index (χ2v) is 7.28. The Hall–Kier alpha value is -1.84. The fourth-order valence-electron chi connectivity index (χ4n) is 3.55. The van der Waals surface area contributed by atoms with Crippen LogP contribution in [0, 0.1) is 0 Å². The molecule has 0 radical (unpaired) electrons. The molecule has 4 rings (SSSR count). The number of likely N-dealkylation sites (N-methyl/N-ethyl adjacent to an activating group) is 1. The smallest absolute Gasteiger partial charge is 0.129 e. The standard InChI is InChI=1S/C20H21ClN2O/c1-23(2)9-10-24-22-20-16-6-4-3-5-14(16)17-12-18(17)15-8-7-13(21)11-19(15)20/h3-8,11,17-18H,9-10,12H2,1-2H3. The lowest BCUT2D eigenvalue weighted by Crippen LogP contribution is -2.17. The van der Waals surface area contributed by atoms with Crippen LogP contribution in [0.1, 0.15) is 40.5 Å². The molecule has 2 aliphatic carbocycles. The molecule has 1 fully saturated rings. The molecule has 0 N–H and O–H groups in total. The molecule has 2 aliphatic rings. The van der Waals surface area contributed by atoms with Crippen molar-refractivity contribution in [3.63, 3.8) is 0 Å². The van der Waals surface area contributed by atoms with Crippen molar-refractivity contribution in [2.45, 2.75) is 18.3 Å². The average Bonchev–Trinajstić information content (AvgIpc) is 3.35. The van der Waals surface area contributed by atoms with Gasteiger partial charge in [0.1, 0.15) is 12.3 Å². The summed E-state index contributed by atoms with van der Waals surface area (Å²) in [6.07, 6.45) is 1.21. The largest absolute Gasteiger partial charge is 0.394 e. The molecule has 2 aromatic carbocycles. The number of oxime groups is 1. The quantitative estimate of drug-likeness (QED) is 0.614. The van der Waals surface area contributed by atoms with E-state index in [1.165, 1.54) is 23.1 Å². The molecule has 0 amide bonds. The maximum absolute atomic E-state index is 6.28. The SMILES string of the molecule is CN(C)CCON=C1c2ccccc2C2CC2c2ccc(Cl)cc21. The molecule has 0 saturated heterocycles. The molecule has 0 aliphatic heterocycles. The Labute approximate surface area is 147 Å². The third-order valence-corrected chi connectivity index (χ3v) is 5.10. The number of nitrogens with zero attached hydrogens (tertiary/aromatic N) is 2. The van der Waals surface area contributed by atoms with Gasteiger partial charge in [0.2, 0.25) is 0 Å². The van der Waals surface area contributed by atoms with Crippen LogP contribution in [0.3, 0.4) is 0 Å². The summed E-state index contributed by atoms with van der Waals surface area (Å²) < 4.78 is 0. The molecule has 0 aromatic heterocycles. The number of rotatable bonds is 4. The van der Waals surface area contributed by atoms with E-state index in [1.807, 2.05) is 26.2 Å². The van der Waals surface area contributed by atoms with Crippen LogP contribution in [0.2, 0.25) is 5.02 Å². The average molecular weight is 341 g/mol. The third kappa shape index (κ3) is 2.83. The maximum atomic E-state index is 6.28. The van der Waals surface area contributed by atoms with E-state index in [0.717, 1.165) is 22.8 Å². The third-order valence-electron chi connectivity index (χ3n) is 4.86. The minimum Gasteiger partial charge on any atom is -0.394 e. The Balaban J connectivity index is 1.78. The first-order chi connectivity index (χ1) is 11.6. The summed E-state index contributed by atoms with van der Waals surface area (Å²) in [5.41, 5.74) is 5.93. The molecule has 2 unspecified atom stereocenters. The zero-order valence-corrected chi connectivity index (χ0v) is 14.8. The maximum Gasteiger partial charge on any atom is 0.129 e. The van der Waals surface area contributed by atoms with E-state index in [2.05, 4.69) is 40.4 Å². The molecule has 124 valence electrons. The van der Waals surface area contributed by atoms with Crippen molar-refractivity contribution in [2.75, 3.05) is 27.2 Å². The van der Waals surface area contributed by atoms with Crippen LogP contribution in [0.5, 0.6) is 0 Å². The molecule has 24 heavy (non-hydrogen) atoms. The summed E-state index contributed by atoms with van der Waals surface area (Å²) in [4.78, 5) is 7.73. The summed E-state index contributed by atoms with van der Waals surface area (Å²) in [5, 5.41) is 5.27. The topological polar surface area (TPSA) is 24.8 Å². The molecule has 3 nitrogen and oxygen atoms in total. The lowest BCUT2D eigenvalue weighted by atomic mass is 9.95. The number of hydrogen-bond donors (Lipinski definition) is 0. The van der Waals surface area contributed by atoms with Gasteiger partial charge >= 0.3 is 0 Å². The first-order valence-corrected chi connectivity index (χ1v) is 8.77. The summed E-state index contributed by atoms with van der Waals surface area (Å²) in [5.74, 6) is 1.17. The lowest BCUT2D eigenvalue weighted by Gasteiger charge is -2.13. The number of halogens is 1. The van der Waals surface area contributed by atoms with E-state index < -0.39 is 0 Å². The molecule has 0 spiro atoms. The van der Waals surface area contributed by atoms with E-state index in [1.54, 1.807) is 0 Å². The summed E-state index contributed by atoms with van der Waals surface area (Å²) >= 11 is 6.28. The van der Waals surface area contributed by atoms with E-state index in [0.29, 0.717) is 18.4 Å². The molecule has 0 heterocycles. The normalized spacial score (nSPS) is 22.6. The highest BCUT2D eigenvalue weighted by molar-refractivity contribution is 6.31. The second kappa shape index (κ2) is 6.23. The van der Waals surface area contributed by atoms with Crippen LogP contribution >= 0.6 is 11.6 Å². The van der Waals surface area contributed by atoms with Crippen molar-refractivity contribution in [1.29, 1.82) is 0 Å². The summed E-state index contributed by atoms with van der Waals surface area (Å²) in [7, 11) is 4.06. The molecule has 1 saturated carbocycles. The van der Waals surface area contributed by atoms with Gasteiger partial charge in [0, 0.05) is 22.7 Å². The molecule has 2 atom stereocenters.